The number of aryl methyl sites for hydroxylation is 1. The van der Waals surface area contributed by atoms with Crippen LogP contribution in [0.5, 0.6) is 0 Å². The molecule has 1 aromatic heterocycles. The zero-order chi connectivity index (χ0) is 23.6. The Labute approximate surface area is 195 Å². The molecule has 0 unspecified atom stereocenters. The molecule has 2 heterocycles. The first-order valence-electron chi connectivity index (χ1n) is 11.5. The summed E-state index contributed by atoms with van der Waals surface area (Å²) in [6.45, 7) is 1.68. The Bertz CT molecular complexity index is 1180. The van der Waals surface area contributed by atoms with E-state index in [9.17, 15) is 13.2 Å². The van der Waals surface area contributed by atoms with Crippen molar-refractivity contribution in [2.75, 3.05) is 39.1 Å². The van der Waals surface area contributed by atoms with Gasteiger partial charge in [-0.1, -0.05) is 0 Å². The zero-order valence-electron chi connectivity index (χ0n) is 19.2. The topological polar surface area (TPSA) is 115 Å². The molecule has 0 bridgehead atoms. The number of hydrogen-bond donors (Lipinski definition) is 4. The number of aromatic amines is 1. The van der Waals surface area contributed by atoms with E-state index < -0.39 is 10.0 Å². The number of anilines is 1. The third-order valence-electron chi connectivity index (χ3n) is 6.53. The number of aliphatic hydroxyl groups is 1. The standard InChI is InChI=1S/C24H32N4O4S/c1-25-33(31,32)16-9-10-22-19(14-16)20(24(30)27-22)15-23-18(7-5-11-28(2)12-13-29)17-6-3-4-8-21(17)26-23/h9-10,14-15,25-26,29H,3-8,11-13H2,1-2H3,(H,27,30). The van der Waals surface area contributed by atoms with E-state index in [2.05, 4.69) is 19.9 Å². The number of H-pyrrole nitrogens is 1. The Balaban J connectivity index is 1.70. The number of amides is 1. The molecular formula is C24H32N4O4S. The number of carbonyl (C=O) groups is 1. The Kier molecular flexibility index (Phi) is 7.04. The Morgan fingerprint density at radius 3 is 2.76 bits per heavy atom. The van der Waals surface area contributed by atoms with Gasteiger partial charge >= 0.3 is 0 Å². The van der Waals surface area contributed by atoms with Crippen LogP contribution in [0.15, 0.2) is 23.1 Å². The number of rotatable bonds is 9. The van der Waals surface area contributed by atoms with Crippen LogP contribution in [-0.2, 0) is 34.1 Å². The van der Waals surface area contributed by atoms with E-state index >= 15 is 0 Å². The first-order valence-corrected chi connectivity index (χ1v) is 13.0. The number of aliphatic hydroxyl groups excluding tert-OH is 1. The van der Waals surface area contributed by atoms with Gasteiger partial charge in [-0.3, -0.25) is 4.79 Å². The normalized spacial score (nSPS) is 16.8. The summed E-state index contributed by atoms with van der Waals surface area (Å²) in [5.41, 5.74) is 6.47. The summed E-state index contributed by atoms with van der Waals surface area (Å²) in [4.78, 5) is 18.6. The van der Waals surface area contributed by atoms with Crippen LogP contribution in [0.4, 0.5) is 5.69 Å². The largest absolute Gasteiger partial charge is 0.395 e. The Morgan fingerprint density at radius 2 is 2.00 bits per heavy atom. The van der Waals surface area contributed by atoms with Gasteiger partial charge in [-0.25, -0.2) is 13.1 Å². The van der Waals surface area contributed by atoms with Crippen LogP contribution in [-0.4, -0.2) is 63.1 Å². The van der Waals surface area contributed by atoms with Crippen molar-refractivity contribution < 1.29 is 18.3 Å². The molecule has 0 fully saturated rings. The molecule has 33 heavy (non-hydrogen) atoms. The van der Waals surface area contributed by atoms with Crippen LogP contribution in [0.2, 0.25) is 0 Å². The van der Waals surface area contributed by atoms with Crippen molar-refractivity contribution in [2.24, 2.45) is 0 Å². The van der Waals surface area contributed by atoms with Crippen LogP contribution in [0, 0.1) is 0 Å². The number of aromatic nitrogens is 1. The first-order chi connectivity index (χ1) is 15.8. The molecule has 9 heteroatoms. The van der Waals surface area contributed by atoms with Gasteiger partial charge in [-0.2, -0.15) is 0 Å². The number of sulfonamides is 1. The second-order valence-electron chi connectivity index (χ2n) is 8.74. The third kappa shape index (κ3) is 4.91. The molecule has 1 aromatic carbocycles. The van der Waals surface area contributed by atoms with Crippen molar-refractivity contribution in [2.45, 2.75) is 43.4 Å². The Morgan fingerprint density at radius 1 is 1.21 bits per heavy atom. The molecule has 0 saturated carbocycles. The number of nitrogens with one attached hydrogen (secondary N) is 3. The average molecular weight is 473 g/mol. The maximum absolute atomic E-state index is 12.8. The molecule has 1 aliphatic carbocycles. The summed E-state index contributed by atoms with van der Waals surface area (Å²) >= 11 is 0. The highest BCUT2D eigenvalue weighted by molar-refractivity contribution is 7.89. The highest BCUT2D eigenvalue weighted by atomic mass is 32.2. The number of nitrogens with zero attached hydrogens (tertiary/aromatic N) is 1. The van der Waals surface area contributed by atoms with Crippen LogP contribution in [0.3, 0.4) is 0 Å². The summed E-state index contributed by atoms with van der Waals surface area (Å²) < 4.78 is 26.9. The van der Waals surface area contributed by atoms with Gasteiger partial charge in [0.15, 0.2) is 0 Å². The number of carbonyl (C=O) groups excluding carboxylic acids is 1. The summed E-state index contributed by atoms with van der Waals surface area (Å²) in [6.07, 6.45) is 8.05. The second-order valence-corrected chi connectivity index (χ2v) is 10.6. The number of hydrogen-bond acceptors (Lipinski definition) is 5. The molecule has 0 saturated heterocycles. The van der Waals surface area contributed by atoms with Crippen LogP contribution < -0.4 is 10.0 Å². The molecule has 2 aliphatic rings. The first kappa shape index (κ1) is 23.7. The second kappa shape index (κ2) is 9.80. The third-order valence-corrected chi connectivity index (χ3v) is 7.94. The molecule has 4 N–H and O–H groups in total. The zero-order valence-corrected chi connectivity index (χ0v) is 20.0. The van der Waals surface area contributed by atoms with Gasteiger partial charge in [-0.15, -0.1) is 0 Å². The lowest BCUT2D eigenvalue weighted by Crippen LogP contribution is -2.23. The van der Waals surface area contributed by atoms with Crippen molar-refractivity contribution in [3.63, 3.8) is 0 Å². The predicted octanol–water partition coefficient (Wildman–Crippen LogP) is 2.15. The smallest absolute Gasteiger partial charge is 0.256 e. The van der Waals surface area contributed by atoms with E-state index in [0.29, 0.717) is 23.4 Å². The van der Waals surface area contributed by atoms with Crippen LogP contribution in [0.25, 0.3) is 11.6 Å². The van der Waals surface area contributed by atoms with Crippen molar-refractivity contribution >= 4 is 33.3 Å². The average Bonchev–Trinajstić information content (AvgIpc) is 3.30. The van der Waals surface area contributed by atoms with E-state index in [1.807, 2.05) is 13.1 Å². The lowest BCUT2D eigenvalue weighted by molar-refractivity contribution is -0.110. The fourth-order valence-electron chi connectivity index (χ4n) is 4.73. The molecule has 178 valence electrons. The predicted molar refractivity (Wildman–Crippen MR) is 130 cm³/mol. The maximum atomic E-state index is 12.8. The lowest BCUT2D eigenvalue weighted by Gasteiger charge is -2.16. The minimum Gasteiger partial charge on any atom is -0.395 e. The van der Waals surface area contributed by atoms with E-state index in [0.717, 1.165) is 50.8 Å². The van der Waals surface area contributed by atoms with Crippen LogP contribution in [0.1, 0.15) is 47.3 Å². The summed E-state index contributed by atoms with van der Waals surface area (Å²) in [6, 6.07) is 4.68. The van der Waals surface area contributed by atoms with E-state index in [4.69, 9.17) is 5.11 Å². The fraction of sp³-hybridized carbons (Fsp3) is 0.458. The minimum absolute atomic E-state index is 0.129. The van der Waals surface area contributed by atoms with Crippen molar-refractivity contribution in [1.82, 2.24) is 14.6 Å². The van der Waals surface area contributed by atoms with Gasteiger partial charge in [-0.05, 0) is 94.6 Å². The minimum atomic E-state index is -3.62. The van der Waals surface area contributed by atoms with Gasteiger partial charge in [0.25, 0.3) is 5.91 Å². The summed E-state index contributed by atoms with van der Waals surface area (Å²) in [5, 5.41) is 12.0. The lowest BCUT2D eigenvalue weighted by atomic mass is 9.92. The molecule has 2 aromatic rings. The molecule has 1 amide bonds. The molecule has 0 spiro atoms. The summed E-state index contributed by atoms with van der Waals surface area (Å²) in [7, 11) is -0.242. The van der Waals surface area contributed by atoms with Gasteiger partial charge in [0.1, 0.15) is 0 Å². The Hall–Kier alpha value is -2.46. The molecule has 8 nitrogen and oxygen atoms in total. The highest BCUT2D eigenvalue weighted by Gasteiger charge is 2.28. The molecule has 0 atom stereocenters. The highest BCUT2D eigenvalue weighted by Crippen LogP contribution is 2.36. The van der Waals surface area contributed by atoms with E-state index in [1.165, 1.54) is 29.9 Å². The van der Waals surface area contributed by atoms with Gasteiger partial charge < -0.3 is 20.3 Å². The van der Waals surface area contributed by atoms with Gasteiger partial charge in [0.05, 0.1) is 17.1 Å². The van der Waals surface area contributed by atoms with Gasteiger partial charge in [0, 0.05) is 29.2 Å². The van der Waals surface area contributed by atoms with E-state index in [-0.39, 0.29) is 17.4 Å². The van der Waals surface area contributed by atoms with Gasteiger partial charge in [0.2, 0.25) is 10.0 Å². The number of fused-ring (bicyclic) bond motifs is 2. The molecule has 0 radical (unpaired) electrons. The quantitative estimate of drug-likeness (QED) is 0.418. The van der Waals surface area contributed by atoms with Crippen LogP contribution >= 0.6 is 0 Å². The van der Waals surface area contributed by atoms with Crippen molar-refractivity contribution in [3.05, 3.63) is 46.3 Å². The molecular weight excluding hydrogens is 440 g/mol. The van der Waals surface area contributed by atoms with Crippen molar-refractivity contribution in [1.29, 1.82) is 0 Å². The SMILES string of the molecule is CNS(=O)(=O)c1ccc2c(c1)C(=Cc1[nH]c3c(c1CCCN(C)CCO)CCCC3)C(=O)N2. The number of benzene rings is 1. The van der Waals surface area contributed by atoms with E-state index in [1.54, 1.807) is 12.1 Å². The molecule has 1 aliphatic heterocycles. The maximum Gasteiger partial charge on any atom is 0.256 e. The fourth-order valence-corrected chi connectivity index (χ4v) is 5.49. The van der Waals surface area contributed by atoms with Crippen molar-refractivity contribution in [3.8, 4) is 0 Å². The monoisotopic (exact) mass is 472 g/mol. The summed E-state index contributed by atoms with van der Waals surface area (Å²) in [5.74, 6) is -0.231. The molecule has 4 rings (SSSR count). The number of likely N-dealkylation sites (N-methyl/N-ethyl adjacent to an activating group) is 1.